The third kappa shape index (κ3) is 11.4. The van der Waals surface area contributed by atoms with E-state index >= 15 is 0 Å². The van der Waals surface area contributed by atoms with Crippen LogP contribution in [0.5, 0.6) is 0 Å². The zero-order valence-electron chi connectivity index (χ0n) is 11.9. The van der Waals surface area contributed by atoms with E-state index in [1.165, 1.54) is 0 Å². The number of ether oxygens (including phenoxy) is 3. The standard InChI is InChI=1S/C14H22O6S/c15-21(16,17)12-4-7-18-8-9-19-10-11-20-13-14-5-2-1-3-6-14/h1-3,5-6H,4,7-13H2,(H,15,16,17)/p-1. The summed E-state index contributed by atoms with van der Waals surface area (Å²) in [4.78, 5) is 0. The molecule has 0 fully saturated rings. The highest BCUT2D eigenvalue weighted by Crippen LogP contribution is 1.99. The second-order valence-corrected chi connectivity index (χ2v) is 5.90. The molecule has 0 bridgehead atoms. The van der Waals surface area contributed by atoms with E-state index in [1.54, 1.807) is 0 Å². The van der Waals surface area contributed by atoms with Gasteiger partial charge in [0, 0.05) is 12.4 Å². The molecule has 0 saturated heterocycles. The van der Waals surface area contributed by atoms with Gasteiger partial charge in [-0.05, 0) is 12.0 Å². The highest BCUT2D eigenvalue weighted by Gasteiger charge is 1.96. The SMILES string of the molecule is O=S(=O)([O-])CCCOCCOCCOCc1ccccc1. The smallest absolute Gasteiger partial charge is 0.0946 e. The topological polar surface area (TPSA) is 84.9 Å². The van der Waals surface area contributed by atoms with E-state index in [1.807, 2.05) is 30.3 Å². The van der Waals surface area contributed by atoms with Crippen molar-refractivity contribution in [1.82, 2.24) is 0 Å². The number of hydrogen-bond acceptors (Lipinski definition) is 6. The first-order valence-corrected chi connectivity index (χ1v) is 8.36. The first-order chi connectivity index (χ1) is 10.1. The predicted molar refractivity (Wildman–Crippen MR) is 76.9 cm³/mol. The summed E-state index contributed by atoms with van der Waals surface area (Å²) >= 11 is 0. The van der Waals surface area contributed by atoms with Gasteiger partial charge < -0.3 is 18.8 Å². The Labute approximate surface area is 125 Å². The lowest BCUT2D eigenvalue weighted by Crippen LogP contribution is -2.11. The molecule has 0 aromatic heterocycles. The van der Waals surface area contributed by atoms with Gasteiger partial charge in [-0.2, -0.15) is 0 Å². The van der Waals surface area contributed by atoms with Crippen LogP contribution >= 0.6 is 0 Å². The molecule has 0 aliphatic rings. The lowest BCUT2D eigenvalue weighted by Gasteiger charge is -2.08. The van der Waals surface area contributed by atoms with E-state index in [4.69, 9.17) is 14.2 Å². The monoisotopic (exact) mass is 317 g/mol. The molecular formula is C14H21O6S-. The fourth-order valence-electron chi connectivity index (χ4n) is 1.54. The zero-order chi connectivity index (χ0) is 15.4. The van der Waals surface area contributed by atoms with E-state index in [9.17, 15) is 13.0 Å². The van der Waals surface area contributed by atoms with Gasteiger partial charge in [0.2, 0.25) is 0 Å². The first-order valence-electron chi connectivity index (χ1n) is 6.78. The fraction of sp³-hybridized carbons (Fsp3) is 0.571. The van der Waals surface area contributed by atoms with Crippen molar-refractivity contribution in [2.75, 3.05) is 38.8 Å². The van der Waals surface area contributed by atoms with Crippen LogP contribution in [0.2, 0.25) is 0 Å². The van der Waals surface area contributed by atoms with Crippen LogP contribution in [0.1, 0.15) is 12.0 Å². The Morgan fingerprint density at radius 2 is 1.43 bits per heavy atom. The second-order valence-electron chi connectivity index (χ2n) is 4.38. The van der Waals surface area contributed by atoms with Crippen LogP contribution in [0, 0.1) is 0 Å². The molecule has 7 heteroatoms. The maximum absolute atomic E-state index is 10.3. The molecule has 0 amide bonds. The Bertz CT molecular complexity index is 460. The van der Waals surface area contributed by atoms with Crippen molar-refractivity contribution in [3.63, 3.8) is 0 Å². The molecule has 0 saturated carbocycles. The van der Waals surface area contributed by atoms with Crippen molar-refractivity contribution < 1.29 is 27.2 Å². The van der Waals surface area contributed by atoms with Crippen LogP contribution in [-0.2, 0) is 30.9 Å². The molecule has 120 valence electrons. The molecule has 6 nitrogen and oxygen atoms in total. The van der Waals surface area contributed by atoms with E-state index in [0.717, 1.165) is 5.56 Å². The Morgan fingerprint density at radius 1 is 0.857 bits per heavy atom. The maximum atomic E-state index is 10.3. The summed E-state index contributed by atoms with van der Waals surface area (Å²) in [7, 11) is -4.13. The Morgan fingerprint density at radius 3 is 2.05 bits per heavy atom. The summed E-state index contributed by atoms with van der Waals surface area (Å²) in [6, 6.07) is 9.88. The van der Waals surface area contributed by atoms with E-state index in [2.05, 4.69) is 0 Å². The van der Waals surface area contributed by atoms with Gasteiger partial charge in [0.1, 0.15) is 0 Å². The minimum Gasteiger partial charge on any atom is -0.748 e. The summed E-state index contributed by atoms with van der Waals surface area (Å²) in [6.45, 7) is 2.57. The van der Waals surface area contributed by atoms with Crippen molar-refractivity contribution >= 4 is 10.1 Å². The molecule has 0 atom stereocenters. The molecule has 0 aliphatic heterocycles. The van der Waals surface area contributed by atoms with Crippen molar-refractivity contribution in [3.05, 3.63) is 35.9 Å². The number of benzene rings is 1. The summed E-state index contributed by atoms with van der Waals surface area (Å²) < 4.78 is 46.8. The van der Waals surface area contributed by atoms with Gasteiger partial charge in [0.05, 0.1) is 43.2 Å². The lowest BCUT2D eigenvalue weighted by molar-refractivity contribution is 0.0108. The van der Waals surface area contributed by atoms with Crippen molar-refractivity contribution in [3.8, 4) is 0 Å². The molecule has 21 heavy (non-hydrogen) atoms. The lowest BCUT2D eigenvalue weighted by atomic mass is 10.2. The van der Waals surface area contributed by atoms with Crippen molar-refractivity contribution in [2.24, 2.45) is 0 Å². The highest BCUT2D eigenvalue weighted by atomic mass is 32.2. The highest BCUT2D eigenvalue weighted by molar-refractivity contribution is 7.85. The third-order valence-electron chi connectivity index (χ3n) is 2.54. The van der Waals surface area contributed by atoms with E-state index in [-0.39, 0.29) is 18.8 Å². The van der Waals surface area contributed by atoms with Crippen LogP contribution in [0.3, 0.4) is 0 Å². The minimum atomic E-state index is -4.13. The summed E-state index contributed by atoms with van der Waals surface area (Å²) in [5.74, 6) is -0.388. The summed E-state index contributed by atoms with van der Waals surface area (Å²) in [5.41, 5.74) is 1.12. The van der Waals surface area contributed by atoms with Gasteiger partial charge in [-0.15, -0.1) is 0 Å². The van der Waals surface area contributed by atoms with E-state index < -0.39 is 10.1 Å². The molecule has 1 aromatic carbocycles. The Kier molecular flexibility index (Phi) is 9.20. The Hall–Kier alpha value is -0.990. The second kappa shape index (κ2) is 10.7. The van der Waals surface area contributed by atoms with Crippen LogP contribution in [0.15, 0.2) is 30.3 Å². The van der Waals surface area contributed by atoms with Crippen LogP contribution in [0.4, 0.5) is 0 Å². The maximum Gasteiger partial charge on any atom is 0.0946 e. The molecule has 0 N–H and O–H groups in total. The molecule has 0 unspecified atom stereocenters. The first kappa shape index (κ1) is 18.1. The molecular weight excluding hydrogens is 296 g/mol. The molecule has 0 aliphatic carbocycles. The van der Waals surface area contributed by atoms with Gasteiger partial charge in [-0.3, -0.25) is 0 Å². The molecule has 1 rings (SSSR count). The van der Waals surface area contributed by atoms with Gasteiger partial charge in [-0.25, -0.2) is 8.42 Å². The van der Waals surface area contributed by atoms with Gasteiger partial charge in [-0.1, -0.05) is 30.3 Å². The van der Waals surface area contributed by atoms with Gasteiger partial charge in [0.15, 0.2) is 0 Å². The van der Waals surface area contributed by atoms with Crippen molar-refractivity contribution in [2.45, 2.75) is 13.0 Å². The van der Waals surface area contributed by atoms with Gasteiger partial charge >= 0.3 is 0 Å². The van der Waals surface area contributed by atoms with E-state index in [0.29, 0.717) is 33.0 Å². The summed E-state index contributed by atoms with van der Waals surface area (Å²) in [5, 5.41) is 0. The fourth-order valence-corrected chi connectivity index (χ4v) is 2.01. The van der Waals surface area contributed by atoms with Crippen molar-refractivity contribution in [1.29, 1.82) is 0 Å². The Balaban J connectivity index is 1.83. The molecule has 0 spiro atoms. The molecule has 0 radical (unpaired) electrons. The van der Waals surface area contributed by atoms with Gasteiger partial charge in [0.25, 0.3) is 0 Å². The molecule has 0 heterocycles. The minimum absolute atomic E-state index is 0.214. The number of hydrogen-bond donors (Lipinski definition) is 0. The van der Waals surface area contributed by atoms with Crippen LogP contribution in [-0.4, -0.2) is 51.8 Å². The normalized spacial score (nSPS) is 11.7. The number of rotatable bonds is 12. The third-order valence-corrected chi connectivity index (χ3v) is 3.33. The average molecular weight is 317 g/mol. The predicted octanol–water partition coefficient (Wildman–Crippen LogP) is 1.17. The van der Waals surface area contributed by atoms with Crippen LogP contribution < -0.4 is 0 Å². The average Bonchev–Trinajstić information content (AvgIpc) is 2.44. The zero-order valence-corrected chi connectivity index (χ0v) is 12.7. The largest absolute Gasteiger partial charge is 0.748 e. The van der Waals surface area contributed by atoms with Crippen LogP contribution in [0.25, 0.3) is 0 Å². The quantitative estimate of drug-likeness (QED) is 0.425. The molecule has 1 aromatic rings. The summed E-state index contributed by atoms with van der Waals surface area (Å²) in [6.07, 6.45) is 0.214.